The lowest BCUT2D eigenvalue weighted by atomic mass is 10.0. The van der Waals surface area contributed by atoms with Crippen molar-refractivity contribution >= 4 is 28.9 Å². The average Bonchev–Trinajstić information content (AvgIpc) is 2.63. The molecule has 3 aromatic rings. The van der Waals surface area contributed by atoms with Gasteiger partial charge in [-0.1, -0.05) is 48.5 Å². The van der Waals surface area contributed by atoms with Crippen molar-refractivity contribution in [3.8, 4) is 11.1 Å². The molecule has 5 heteroatoms. The summed E-state index contributed by atoms with van der Waals surface area (Å²) in [6.45, 7) is 0. The van der Waals surface area contributed by atoms with Crippen molar-refractivity contribution in [2.24, 2.45) is 0 Å². The van der Waals surface area contributed by atoms with Gasteiger partial charge in [-0.15, -0.1) is 0 Å². The molecule has 25 heavy (non-hydrogen) atoms. The number of carbonyl (C=O) groups is 1. The van der Waals surface area contributed by atoms with Crippen LogP contribution in [0.15, 0.2) is 78.9 Å². The zero-order valence-corrected chi connectivity index (χ0v) is 14.0. The molecule has 3 nitrogen and oxygen atoms in total. The standard InChI is InChI=1S/C20H15FN2OS/c21-16-12-10-15(11-13-16)19(24)23-20(25)22-18-9-5-4-8-17(18)14-6-2-1-3-7-14/h1-13H,(H2,22,23,24,25). The Kier molecular flexibility index (Phi) is 5.16. The van der Waals surface area contributed by atoms with E-state index in [2.05, 4.69) is 10.6 Å². The highest BCUT2D eigenvalue weighted by Crippen LogP contribution is 2.27. The van der Waals surface area contributed by atoms with E-state index in [4.69, 9.17) is 12.2 Å². The van der Waals surface area contributed by atoms with E-state index in [1.165, 1.54) is 24.3 Å². The number of nitrogens with one attached hydrogen (secondary N) is 2. The average molecular weight is 350 g/mol. The third-order valence-electron chi connectivity index (χ3n) is 3.59. The minimum atomic E-state index is -0.394. The second-order valence-corrected chi connectivity index (χ2v) is 5.73. The summed E-state index contributed by atoms with van der Waals surface area (Å²) in [5.74, 6) is -0.788. The van der Waals surface area contributed by atoms with Gasteiger partial charge in [-0.3, -0.25) is 10.1 Å². The van der Waals surface area contributed by atoms with Crippen molar-refractivity contribution in [2.75, 3.05) is 5.32 Å². The summed E-state index contributed by atoms with van der Waals surface area (Å²) < 4.78 is 12.9. The first-order valence-corrected chi connectivity index (χ1v) is 8.06. The van der Waals surface area contributed by atoms with Gasteiger partial charge in [0.15, 0.2) is 5.11 Å². The molecule has 2 N–H and O–H groups in total. The Hall–Kier alpha value is -3.05. The summed E-state index contributed by atoms with van der Waals surface area (Å²) in [6, 6.07) is 22.8. The quantitative estimate of drug-likeness (QED) is 0.677. The van der Waals surface area contributed by atoms with Crippen LogP contribution in [0.1, 0.15) is 10.4 Å². The van der Waals surface area contributed by atoms with Gasteiger partial charge in [-0.25, -0.2) is 4.39 Å². The summed E-state index contributed by atoms with van der Waals surface area (Å²) >= 11 is 5.23. The highest BCUT2D eigenvalue weighted by molar-refractivity contribution is 7.80. The normalized spacial score (nSPS) is 10.1. The van der Waals surface area contributed by atoms with E-state index < -0.39 is 11.7 Å². The fraction of sp³-hybridized carbons (Fsp3) is 0. The van der Waals surface area contributed by atoms with Crippen LogP contribution in [0.25, 0.3) is 11.1 Å². The topological polar surface area (TPSA) is 41.1 Å². The highest BCUT2D eigenvalue weighted by atomic mass is 32.1. The molecule has 124 valence electrons. The molecule has 0 aliphatic rings. The monoisotopic (exact) mass is 350 g/mol. The maximum atomic E-state index is 12.9. The lowest BCUT2D eigenvalue weighted by Gasteiger charge is -2.13. The molecule has 3 aromatic carbocycles. The summed E-state index contributed by atoms with van der Waals surface area (Å²) in [5, 5.41) is 5.83. The zero-order chi connectivity index (χ0) is 17.6. The Labute approximate surface area is 150 Å². The number of hydrogen-bond acceptors (Lipinski definition) is 2. The molecular formula is C20H15FN2OS. The molecule has 0 fully saturated rings. The van der Waals surface area contributed by atoms with Crippen molar-refractivity contribution < 1.29 is 9.18 Å². The Morgan fingerprint density at radius 2 is 1.48 bits per heavy atom. The highest BCUT2D eigenvalue weighted by Gasteiger charge is 2.10. The molecule has 0 heterocycles. The van der Waals surface area contributed by atoms with Crippen LogP contribution in [0.4, 0.5) is 10.1 Å². The molecule has 0 aliphatic heterocycles. The molecule has 0 spiro atoms. The van der Waals surface area contributed by atoms with Gasteiger partial charge in [0.2, 0.25) is 0 Å². The van der Waals surface area contributed by atoms with Crippen molar-refractivity contribution in [3.05, 3.63) is 90.2 Å². The summed E-state index contributed by atoms with van der Waals surface area (Å²) in [7, 11) is 0. The molecule has 0 aliphatic carbocycles. The molecule has 0 radical (unpaired) electrons. The fourth-order valence-electron chi connectivity index (χ4n) is 2.39. The first kappa shape index (κ1) is 16.8. The van der Waals surface area contributed by atoms with Gasteiger partial charge in [0, 0.05) is 16.8 Å². The Morgan fingerprint density at radius 1 is 0.840 bits per heavy atom. The lowest BCUT2D eigenvalue weighted by Crippen LogP contribution is -2.34. The van der Waals surface area contributed by atoms with E-state index in [-0.39, 0.29) is 5.11 Å². The van der Waals surface area contributed by atoms with Gasteiger partial charge in [0.1, 0.15) is 5.82 Å². The number of anilines is 1. The number of amides is 1. The van der Waals surface area contributed by atoms with Gasteiger partial charge < -0.3 is 5.32 Å². The van der Waals surface area contributed by atoms with Gasteiger partial charge in [0.25, 0.3) is 5.91 Å². The number of benzene rings is 3. The Balaban J connectivity index is 1.73. The summed E-state index contributed by atoms with van der Waals surface area (Å²) in [6.07, 6.45) is 0. The van der Waals surface area contributed by atoms with Gasteiger partial charge in [-0.2, -0.15) is 0 Å². The second-order valence-electron chi connectivity index (χ2n) is 5.33. The molecule has 0 saturated heterocycles. The van der Waals surface area contributed by atoms with Crippen molar-refractivity contribution in [1.29, 1.82) is 0 Å². The molecule has 0 saturated carbocycles. The Bertz CT molecular complexity index is 895. The molecular weight excluding hydrogens is 335 g/mol. The number of para-hydroxylation sites is 1. The second kappa shape index (κ2) is 7.68. The number of rotatable bonds is 3. The van der Waals surface area contributed by atoms with E-state index in [9.17, 15) is 9.18 Å². The summed E-state index contributed by atoms with van der Waals surface area (Å²) in [4.78, 5) is 12.2. The number of thiocarbonyl (C=S) groups is 1. The van der Waals surface area contributed by atoms with E-state index in [1.54, 1.807) is 0 Å². The predicted octanol–water partition coefficient (Wildman–Crippen LogP) is 4.62. The van der Waals surface area contributed by atoms with E-state index >= 15 is 0 Å². The van der Waals surface area contributed by atoms with E-state index in [0.29, 0.717) is 5.56 Å². The van der Waals surface area contributed by atoms with Crippen LogP contribution in [-0.2, 0) is 0 Å². The van der Waals surface area contributed by atoms with Crippen molar-refractivity contribution in [3.63, 3.8) is 0 Å². The molecule has 0 atom stereocenters. The number of halogens is 1. The van der Waals surface area contributed by atoms with Crippen molar-refractivity contribution in [1.82, 2.24) is 5.32 Å². The van der Waals surface area contributed by atoms with Crippen LogP contribution >= 0.6 is 12.2 Å². The largest absolute Gasteiger partial charge is 0.332 e. The Morgan fingerprint density at radius 3 is 2.20 bits per heavy atom. The van der Waals surface area contributed by atoms with Gasteiger partial charge in [-0.05, 0) is 48.1 Å². The predicted molar refractivity (Wildman–Crippen MR) is 102 cm³/mol. The smallest absolute Gasteiger partial charge is 0.257 e. The maximum absolute atomic E-state index is 12.9. The first-order chi connectivity index (χ1) is 12.1. The lowest BCUT2D eigenvalue weighted by molar-refractivity contribution is 0.0977. The SMILES string of the molecule is O=C(NC(=S)Nc1ccccc1-c1ccccc1)c1ccc(F)cc1. The molecule has 0 unspecified atom stereocenters. The first-order valence-electron chi connectivity index (χ1n) is 7.66. The van der Waals surface area contributed by atoms with Crippen LogP contribution in [0.2, 0.25) is 0 Å². The minimum absolute atomic E-state index is 0.178. The summed E-state index contributed by atoms with van der Waals surface area (Å²) in [5.41, 5.74) is 3.14. The van der Waals surface area contributed by atoms with Gasteiger partial charge in [0.05, 0.1) is 0 Å². The van der Waals surface area contributed by atoms with Crippen LogP contribution in [0.5, 0.6) is 0 Å². The van der Waals surface area contributed by atoms with Crippen LogP contribution in [-0.4, -0.2) is 11.0 Å². The third-order valence-corrected chi connectivity index (χ3v) is 3.80. The zero-order valence-electron chi connectivity index (χ0n) is 13.2. The fourth-order valence-corrected chi connectivity index (χ4v) is 2.59. The van der Waals surface area contributed by atoms with Crippen LogP contribution in [0.3, 0.4) is 0 Å². The van der Waals surface area contributed by atoms with E-state index in [0.717, 1.165) is 16.8 Å². The van der Waals surface area contributed by atoms with E-state index in [1.807, 2.05) is 54.6 Å². The minimum Gasteiger partial charge on any atom is -0.332 e. The molecule has 0 bridgehead atoms. The molecule has 1 amide bonds. The third kappa shape index (κ3) is 4.28. The number of hydrogen-bond donors (Lipinski definition) is 2. The van der Waals surface area contributed by atoms with Crippen molar-refractivity contribution in [2.45, 2.75) is 0 Å². The van der Waals surface area contributed by atoms with Gasteiger partial charge >= 0.3 is 0 Å². The maximum Gasteiger partial charge on any atom is 0.257 e. The molecule has 0 aromatic heterocycles. The van der Waals surface area contributed by atoms with Crippen LogP contribution in [0, 0.1) is 5.82 Å². The molecule has 3 rings (SSSR count). The number of carbonyl (C=O) groups excluding carboxylic acids is 1. The van der Waals surface area contributed by atoms with Crippen LogP contribution < -0.4 is 10.6 Å².